The quantitative estimate of drug-likeness (QED) is 0.735. The van der Waals surface area contributed by atoms with Crippen molar-refractivity contribution < 1.29 is 4.74 Å². The monoisotopic (exact) mass is 387 g/mol. The lowest BCUT2D eigenvalue weighted by Crippen LogP contribution is -2.07. The molecule has 100 valence electrons. The smallest absolute Gasteiger partial charge is 0.118 e. The lowest BCUT2D eigenvalue weighted by atomic mass is 10.1. The molecule has 0 radical (unpaired) electrons. The zero-order valence-electron chi connectivity index (χ0n) is 10.8. The van der Waals surface area contributed by atoms with E-state index in [9.17, 15) is 0 Å². The fraction of sp³-hybridized carbons (Fsp3) is 0.200. The van der Waals surface area contributed by atoms with E-state index in [4.69, 9.17) is 16.3 Å². The van der Waals surface area contributed by atoms with Crippen LogP contribution in [0.25, 0.3) is 0 Å². The van der Waals surface area contributed by atoms with Crippen molar-refractivity contribution in [1.82, 2.24) is 0 Å². The highest BCUT2D eigenvalue weighted by Crippen LogP contribution is 2.27. The minimum Gasteiger partial charge on any atom is -0.497 e. The molecular weight excluding hydrogens is 373 g/mol. The number of benzene rings is 2. The Morgan fingerprint density at radius 2 is 1.84 bits per heavy atom. The molecule has 2 nitrogen and oxygen atoms in total. The van der Waals surface area contributed by atoms with Gasteiger partial charge in [-0.15, -0.1) is 0 Å². The van der Waals surface area contributed by atoms with Crippen LogP contribution in [0.5, 0.6) is 5.75 Å². The Balaban J connectivity index is 2.13. The third-order valence-electron chi connectivity index (χ3n) is 2.92. The highest BCUT2D eigenvalue weighted by Gasteiger charge is 2.08. The maximum Gasteiger partial charge on any atom is 0.118 e. The SMILES string of the molecule is COc1ccc(C(C)Nc2ccc(Cl)cc2I)cc1. The first-order valence-electron chi connectivity index (χ1n) is 5.95. The van der Waals surface area contributed by atoms with Crippen molar-refractivity contribution in [2.45, 2.75) is 13.0 Å². The highest BCUT2D eigenvalue weighted by molar-refractivity contribution is 14.1. The van der Waals surface area contributed by atoms with Gasteiger partial charge in [-0.3, -0.25) is 0 Å². The predicted molar refractivity (Wildman–Crippen MR) is 89.2 cm³/mol. The van der Waals surface area contributed by atoms with E-state index >= 15 is 0 Å². The van der Waals surface area contributed by atoms with Crippen molar-refractivity contribution in [2.24, 2.45) is 0 Å². The first kappa shape index (κ1) is 14.5. The van der Waals surface area contributed by atoms with Gasteiger partial charge in [0.15, 0.2) is 0 Å². The predicted octanol–water partition coefficient (Wildman–Crippen LogP) is 5.13. The number of rotatable bonds is 4. The Labute approximate surface area is 132 Å². The van der Waals surface area contributed by atoms with Gasteiger partial charge in [-0.2, -0.15) is 0 Å². The van der Waals surface area contributed by atoms with Crippen LogP contribution in [-0.2, 0) is 0 Å². The van der Waals surface area contributed by atoms with Gasteiger partial charge in [0.25, 0.3) is 0 Å². The topological polar surface area (TPSA) is 21.3 Å². The molecule has 0 spiro atoms. The molecule has 0 saturated heterocycles. The van der Waals surface area contributed by atoms with Gasteiger partial charge in [0.1, 0.15) is 5.75 Å². The van der Waals surface area contributed by atoms with E-state index in [1.54, 1.807) is 7.11 Å². The van der Waals surface area contributed by atoms with E-state index in [1.807, 2.05) is 30.3 Å². The highest BCUT2D eigenvalue weighted by atomic mass is 127. The normalized spacial score (nSPS) is 12.0. The van der Waals surface area contributed by atoms with Gasteiger partial charge >= 0.3 is 0 Å². The summed E-state index contributed by atoms with van der Waals surface area (Å²) in [6, 6.07) is 14.2. The maximum atomic E-state index is 5.96. The van der Waals surface area contributed by atoms with Crippen LogP contribution in [0.2, 0.25) is 5.02 Å². The van der Waals surface area contributed by atoms with E-state index in [0.717, 1.165) is 20.0 Å². The summed E-state index contributed by atoms with van der Waals surface area (Å²) in [5, 5.41) is 4.24. The molecule has 2 aromatic carbocycles. The van der Waals surface area contributed by atoms with Crippen molar-refractivity contribution in [3.8, 4) is 5.75 Å². The number of hydrogen-bond donors (Lipinski definition) is 1. The Bertz CT molecular complexity index is 557. The summed E-state index contributed by atoms with van der Waals surface area (Å²) in [6.07, 6.45) is 0. The summed E-state index contributed by atoms with van der Waals surface area (Å²) >= 11 is 8.24. The van der Waals surface area contributed by atoms with E-state index in [1.165, 1.54) is 5.56 Å². The largest absolute Gasteiger partial charge is 0.497 e. The van der Waals surface area contributed by atoms with Crippen molar-refractivity contribution in [3.05, 3.63) is 56.6 Å². The van der Waals surface area contributed by atoms with E-state index in [0.29, 0.717) is 0 Å². The molecular formula is C15H15ClINO. The molecule has 0 bridgehead atoms. The maximum absolute atomic E-state index is 5.96. The number of halogens is 2. The zero-order valence-corrected chi connectivity index (χ0v) is 13.7. The molecule has 0 aliphatic rings. The number of nitrogens with one attached hydrogen (secondary N) is 1. The molecule has 0 aliphatic carbocycles. The lowest BCUT2D eigenvalue weighted by molar-refractivity contribution is 0.414. The van der Waals surface area contributed by atoms with Crippen LogP contribution < -0.4 is 10.1 Å². The van der Waals surface area contributed by atoms with Crippen LogP contribution >= 0.6 is 34.2 Å². The van der Waals surface area contributed by atoms with Gasteiger partial charge in [-0.05, 0) is 65.4 Å². The number of hydrogen-bond acceptors (Lipinski definition) is 2. The number of anilines is 1. The molecule has 1 unspecified atom stereocenters. The second kappa shape index (κ2) is 6.48. The molecule has 0 aliphatic heterocycles. The Kier molecular flexibility index (Phi) is 4.93. The second-order valence-electron chi connectivity index (χ2n) is 4.26. The number of methoxy groups -OCH3 is 1. The van der Waals surface area contributed by atoms with Crippen LogP contribution in [0.4, 0.5) is 5.69 Å². The van der Waals surface area contributed by atoms with E-state index in [2.05, 4.69) is 47.0 Å². The van der Waals surface area contributed by atoms with Gasteiger partial charge < -0.3 is 10.1 Å². The minimum atomic E-state index is 0.223. The molecule has 2 aromatic rings. The summed E-state index contributed by atoms with van der Waals surface area (Å²) in [7, 11) is 1.67. The third-order valence-corrected chi connectivity index (χ3v) is 4.05. The second-order valence-corrected chi connectivity index (χ2v) is 5.86. The minimum absolute atomic E-state index is 0.223. The van der Waals surface area contributed by atoms with Gasteiger partial charge in [0.05, 0.1) is 7.11 Å². The summed E-state index contributed by atoms with van der Waals surface area (Å²) in [6.45, 7) is 2.13. The first-order valence-corrected chi connectivity index (χ1v) is 7.41. The van der Waals surface area contributed by atoms with Crippen LogP contribution in [-0.4, -0.2) is 7.11 Å². The summed E-state index contributed by atoms with van der Waals surface area (Å²) in [4.78, 5) is 0. The lowest BCUT2D eigenvalue weighted by Gasteiger charge is -2.17. The number of ether oxygens (including phenoxy) is 1. The van der Waals surface area contributed by atoms with Crippen LogP contribution in [0, 0.1) is 3.57 Å². The Morgan fingerprint density at radius 1 is 1.16 bits per heavy atom. The van der Waals surface area contributed by atoms with Gasteiger partial charge in [0.2, 0.25) is 0 Å². The van der Waals surface area contributed by atoms with Crippen LogP contribution in [0.15, 0.2) is 42.5 Å². The van der Waals surface area contributed by atoms with Crippen molar-refractivity contribution in [1.29, 1.82) is 0 Å². The standard InChI is InChI=1S/C15H15ClINO/c1-10(11-3-6-13(19-2)7-4-11)18-15-8-5-12(16)9-14(15)17/h3-10,18H,1-2H3. The molecule has 0 amide bonds. The third kappa shape index (κ3) is 3.76. The van der Waals surface area contributed by atoms with Crippen molar-refractivity contribution >= 4 is 39.9 Å². The van der Waals surface area contributed by atoms with Gasteiger partial charge in [0, 0.05) is 20.3 Å². The molecule has 4 heteroatoms. The Hall–Kier alpha value is -0.940. The average molecular weight is 388 g/mol. The molecule has 2 rings (SSSR count). The van der Waals surface area contributed by atoms with Crippen molar-refractivity contribution in [3.63, 3.8) is 0 Å². The molecule has 0 aromatic heterocycles. The Morgan fingerprint density at radius 3 is 2.42 bits per heavy atom. The van der Waals surface area contributed by atoms with Crippen LogP contribution in [0.3, 0.4) is 0 Å². The zero-order chi connectivity index (χ0) is 13.8. The van der Waals surface area contributed by atoms with Crippen molar-refractivity contribution in [2.75, 3.05) is 12.4 Å². The van der Waals surface area contributed by atoms with E-state index in [-0.39, 0.29) is 6.04 Å². The first-order chi connectivity index (χ1) is 9.10. The molecule has 0 saturated carbocycles. The summed E-state index contributed by atoms with van der Waals surface area (Å²) in [5.41, 5.74) is 2.31. The molecule has 0 heterocycles. The molecule has 1 atom stereocenters. The average Bonchev–Trinajstić information content (AvgIpc) is 2.42. The summed E-state index contributed by atoms with van der Waals surface area (Å²) in [5.74, 6) is 0.872. The van der Waals surface area contributed by atoms with Crippen LogP contribution in [0.1, 0.15) is 18.5 Å². The molecule has 19 heavy (non-hydrogen) atoms. The van der Waals surface area contributed by atoms with Gasteiger partial charge in [-0.25, -0.2) is 0 Å². The fourth-order valence-electron chi connectivity index (χ4n) is 1.82. The summed E-state index contributed by atoms with van der Waals surface area (Å²) < 4.78 is 6.28. The molecule has 0 fully saturated rings. The van der Waals surface area contributed by atoms with Gasteiger partial charge in [-0.1, -0.05) is 23.7 Å². The molecule has 1 N–H and O–H groups in total. The fourth-order valence-corrected chi connectivity index (χ4v) is 2.84. The van der Waals surface area contributed by atoms with E-state index < -0.39 is 0 Å².